The Labute approximate surface area is 137 Å². The van der Waals surface area contributed by atoms with Crippen molar-refractivity contribution in [1.82, 2.24) is 19.7 Å². The second kappa shape index (κ2) is 6.04. The predicted molar refractivity (Wildman–Crippen MR) is 88.4 cm³/mol. The fourth-order valence-corrected chi connectivity index (χ4v) is 3.78. The average Bonchev–Trinajstić information content (AvgIpc) is 3.28. The van der Waals surface area contributed by atoms with Gasteiger partial charge in [0.1, 0.15) is 0 Å². The highest BCUT2D eigenvalue weighted by molar-refractivity contribution is 5.59. The summed E-state index contributed by atoms with van der Waals surface area (Å²) < 4.78 is 7.69. The van der Waals surface area contributed by atoms with Crippen molar-refractivity contribution in [3.8, 4) is 11.4 Å². The second-order valence-corrected chi connectivity index (χ2v) is 6.88. The van der Waals surface area contributed by atoms with Gasteiger partial charge in [-0.15, -0.1) is 0 Å². The van der Waals surface area contributed by atoms with Crippen LogP contribution in [0.25, 0.3) is 11.4 Å². The van der Waals surface area contributed by atoms with E-state index in [2.05, 4.69) is 22.7 Å². The van der Waals surface area contributed by atoms with Gasteiger partial charge >= 0.3 is 0 Å². The molecule has 2 fully saturated rings. The monoisotopic (exact) mass is 312 g/mol. The fraction of sp³-hybridized carbons (Fsp3) is 0.611. The number of rotatable bonds is 3. The maximum Gasteiger partial charge on any atom is 0.160 e. The number of ether oxygens (including phenoxy) is 1. The smallest absolute Gasteiger partial charge is 0.160 e. The molecule has 2 aliphatic rings. The standard InChI is InChI=1S/C18H24N4O/c1-12-9-13(2)19-10-16(12)18-20-17(14-5-3-4-6-14)21-22(18)15-7-8-23-11-15/h9-10,14-15H,3-8,11H2,1-2H3. The van der Waals surface area contributed by atoms with Crippen LogP contribution in [0.3, 0.4) is 0 Å². The lowest BCUT2D eigenvalue weighted by Crippen LogP contribution is -2.13. The first kappa shape index (κ1) is 14.8. The minimum atomic E-state index is 0.299. The van der Waals surface area contributed by atoms with Crippen LogP contribution in [0.1, 0.15) is 61.1 Å². The molecule has 1 unspecified atom stereocenters. The SMILES string of the molecule is Cc1cc(C)c(-c2nc(C3CCCC3)nn2C2CCOC2)cn1. The average molecular weight is 312 g/mol. The first-order valence-electron chi connectivity index (χ1n) is 8.70. The highest BCUT2D eigenvalue weighted by Gasteiger charge is 2.28. The molecule has 5 heteroatoms. The quantitative estimate of drug-likeness (QED) is 0.869. The zero-order chi connectivity index (χ0) is 15.8. The van der Waals surface area contributed by atoms with Gasteiger partial charge in [0.25, 0.3) is 0 Å². The highest BCUT2D eigenvalue weighted by Crippen LogP contribution is 2.35. The predicted octanol–water partition coefficient (Wildman–Crippen LogP) is 3.58. The van der Waals surface area contributed by atoms with Crippen LogP contribution in [0, 0.1) is 13.8 Å². The summed E-state index contributed by atoms with van der Waals surface area (Å²) in [6, 6.07) is 2.42. The van der Waals surface area contributed by atoms with Gasteiger partial charge in [0, 0.05) is 30.0 Å². The van der Waals surface area contributed by atoms with E-state index in [-0.39, 0.29) is 0 Å². The molecule has 1 saturated carbocycles. The van der Waals surface area contributed by atoms with Gasteiger partial charge in [-0.2, -0.15) is 5.10 Å². The van der Waals surface area contributed by atoms with Gasteiger partial charge in [0.15, 0.2) is 11.6 Å². The molecule has 4 rings (SSSR count). The van der Waals surface area contributed by atoms with Gasteiger partial charge in [-0.3, -0.25) is 4.98 Å². The van der Waals surface area contributed by atoms with Gasteiger partial charge in [0.05, 0.1) is 12.6 Å². The van der Waals surface area contributed by atoms with Crippen molar-refractivity contribution in [1.29, 1.82) is 0 Å². The Morgan fingerprint density at radius 3 is 2.70 bits per heavy atom. The molecule has 5 nitrogen and oxygen atoms in total. The summed E-state index contributed by atoms with van der Waals surface area (Å²) in [7, 11) is 0. The third-order valence-corrected chi connectivity index (χ3v) is 5.11. The zero-order valence-corrected chi connectivity index (χ0v) is 14.0. The summed E-state index contributed by atoms with van der Waals surface area (Å²) >= 11 is 0. The normalized spacial score (nSPS) is 22.1. The molecule has 1 saturated heterocycles. The molecule has 122 valence electrons. The van der Waals surface area contributed by atoms with Crippen LogP contribution in [-0.2, 0) is 4.74 Å². The second-order valence-electron chi connectivity index (χ2n) is 6.88. The van der Waals surface area contributed by atoms with E-state index in [9.17, 15) is 0 Å². The molecule has 1 aliphatic heterocycles. The van der Waals surface area contributed by atoms with E-state index in [1.165, 1.54) is 31.2 Å². The Kier molecular flexibility index (Phi) is 3.89. The topological polar surface area (TPSA) is 52.8 Å². The van der Waals surface area contributed by atoms with Crippen molar-refractivity contribution >= 4 is 0 Å². The molecule has 1 atom stereocenters. The largest absolute Gasteiger partial charge is 0.379 e. The molecule has 0 bridgehead atoms. The maximum absolute atomic E-state index is 5.58. The number of aryl methyl sites for hydroxylation is 2. The maximum atomic E-state index is 5.58. The Bertz CT molecular complexity index is 697. The van der Waals surface area contributed by atoms with Crippen molar-refractivity contribution in [2.75, 3.05) is 13.2 Å². The first-order valence-corrected chi connectivity index (χ1v) is 8.70. The molecule has 3 heterocycles. The van der Waals surface area contributed by atoms with Crippen molar-refractivity contribution < 1.29 is 4.74 Å². The third kappa shape index (κ3) is 2.78. The summed E-state index contributed by atoms with van der Waals surface area (Å²) in [6.45, 7) is 5.70. The van der Waals surface area contributed by atoms with E-state index >= 15 is 0 Å². The Hall–Kier alpha value is -1.75. The Balaban J connectivity index is 1.79. The van der Waals surface area contributed by atoms with Gasteiger partial charge < -0.3 is 4.74 Å². The summed E-state index contributed by atoms with van der Waals surface area (Å²) in [5, 5.41) is 4.91. The third-order valence-electron chi connectivity index (χ3n) is 5.11. The molecule has 2 aromatic heterocycles. The summed E-state index contributed by atoms with van der Waals surface area (Å²) in [4.78, 5) is 9.43. The van der Waals surface area contributed by atoms with Gasteiger partial charge in [-0.1, -0.05) is 12.8 Å². The van der Waals surface area contributed by atoms with Crippen molar-refractivity contribution in [2.24, 2.45) is 0 Å². The molecule has 2 aromatic rings. The summed E-state index contributed by atoms with van der Waals surface area (Å²) in [5.41, 5.74) is 3.35. The zero-order valence-electron chi connectivity index (χ0n) is 14.0. The molecule has 0 N–H and O–H groups in total. The Morgan fingerprint density at radius 1 is 1.17 bits per heavy atom. The number of pyridine rings is 1. The highest BCUT2D eigenvalue weighted by atomic mass is 16.5. The van der Waals surface area contributed by atoms with E-state index in [0.717, 1.165) is 42.5 Å². The first-order chi connectivity index (χ1) is 11.2. The van der Waals surface area contributed by atoms with Crippen LogP contribution in [0.15, 0.2) is 12.3 Å². The molecule has 1 aliphatic carbocycles. The number of aromatic nitrogens is 4. The van der Waals surface area contributed by atoms with E-state index in [1.807, 2.05) is 13.1 Å². The number of hydrogen-bond acceptors (Lipinski definition) is 4. The van der Waals surface area contributed by atoms with E-state index in [4.69, 9.17) is 14.8 Å². The molecular weight excluding hydrogens is 288 g/mol. The van der Waals surface area contributed by atoms with E-state index in [1.54, 1.807) is 0 Å². The number of hydrogen-bond donors (Lipinski definition) is 0. The number of nitrogens with zero attached hydrogens (tertiary/aromatic N) is 4. The lowest BCUT2D eigenvalue weighted by Gasteiger charge is -2.13. The van der Waals surface area contributed by atoms with Crippen LogP contribution in [0.4, 0.5) is 0 Å². The van der Waals surface area contributed by atoms with Crippen LogP contribution in [-0.4, -0.2) is 33.0 Å². The molecule has 0 radical (unpaired) electrons. The minimum absolute atomic E-state index is 0.299. The van der Waals surface area contributed by atoms with Gasteiger partial charge in [-0.05, 0) is 44.7 Å². The molecule has 0 spiro atoms. The lowest BCUT2D eigenvalue weighted by atomic mass is 10.1. The summed E-state index contributed by atoms with van der Waals surface area (Å²) in [6.07, 6.45) is 7.99. The summed E-state index contributed by atoms with van der Waals surface area (Å²) in [5.74, 6) is 2.51. The van der Waals surface area contributed by atoms with Crippen molar-refractivity contribution in [3.63, 3.8) is 0 Å². The van der Waals surface area contributed by atoms with E-state index in [0.29, 0.717) is 12.0 Å². The Morgan fingerprint density at radius 2 is 2.00 bits per heavy atom. The van der Waals surface area contributed by atoms with Crippen LogP contribution in [0.5, 0.6) is 0 Å². The molecular formula is C18H24N4O. The van der Waals surface area contributed by atoms with Crippen LogP contribution >= 0.6 is 0 Å². The lowest BCUT2D eigenvalue weighted by molar-refractivity contribution is 0.184. The van der Waals surface area contributed by atoms with E-state index < -0.39 is 0 Å². The van der Waals surface area contributed by atoms with Crippen LogP contribution < -0.4 is 0 Å². The molecule has 0 amide bonds. The molecule has 0 aromatic carbocycles. The minimum Gasteiger partial charge on any atom is -0.379 e. The van der Waals surface area contributed by atoms with Crippen molar-refractivity contribution in [3.05, 3.63) is 29.3 Å². The van der Waals surface area contributed by atoms with Crippen molar-refractivity contribution in [2.45, 2.75) is 57.9 Å². The van der Waals surface area contributed by atoms with Crippen LogP contribution in [0.2, 0.25) is 0 Å². The molecule has 23 heavy (non-hydrogen) atoms. The van der Waals surface area contributed by atoms with Gasteiger partial charge in [0.2, 0.25) is 0 Å². The fourth-order valence-electron chi connectivity index (χ4n) is 3.78. The van der Waals surface area contributed by atoms with Gasteiger partial charge in [-0.25, -0.2) is 9.67 Å².